The van der Waals surface area contributed by atoms with Crippen LogP contribution in [0.1, 0.15) is 51.9 Å². The van der Waals surface area contributed by atoms with Crippen LogP contribution < -0.4 is 11.1 Å². The molecule has 104 valence electrons. The maximum absolute atomic E-state index is 6.04. The number of aliphatic imine (C=N–C) groups is 1. The van der Waals surface area contributed by atoms with Crippen LogP contribution in [0.2, 0.25) is 0 Å². The fourth-order valence-electron chi connectivity index (χ4n) is 3.11. The van der Waals surface area contributed by atoms with Gasteiger partial charge < -0.3 is 16.0 Å². The molecule has 1 saturated carbocycles. The molecule has 2 aliphatic rings. The van der Waals surface area contributed by atoms with Crippen LogP contribution in [0.3, 0.4) is 0 Å². The first-order chi connectivity index (χ1) is 8.78. The summed E-state index contributed by atoms with van der Waals surface area (Å²) in [4.78, 5) is 7.13. The van der Waals surface area contributed by atoms with E-state index in [1.54, 1.807) is 0 Å². The molecule has 4 nitrogen and oxygen atoms in total. The predicted octanol–water partition coefficient (Wildman–Crippen LogP) is 1.71. The second-order valence-electron chi connectivity index (χ2n) is 5.68. The Labute approximate surface area is 111 Å². The summed E-state index contributed by atoms with van der Waals surface area (Å²) in [5.41, 5.74) is 6.04. The first-order valence-corrected chi connectivity index (χ1v) is 7.60. The summed E-state index contributed by atoms with van der Waals surface area (Å²) in [5, 5.41) is 3.42. The lowest BCUT2D eigenvalue weighted by atomic mass is 9.96. The van der Waals surface area contributed by atoms with Gasteiger partial charge in [0.2, 0.25) is 0 Å². The van der Waals surface area contributed by atoms with E-state index >= 15 is 0 Å². The number of likely N-dealkylation sites (tertiary alicyclic amines) is 1. The van der Waals surface area contributed by atoms with Crippen LogP contribution >= 0.6 is 0 Å². The van der Waals surface area contributed by atoms with Crippen molar-refractivity contribution in [2.24, 2.45) is 10.7 Å². The molecule has 1 unspecified atom stereocenters. The first kappa shape index (κ1) is 13.7. The van der Waals surface area contributed by atoms with E-state index in [2.05, 4.69) is 22.1 Å². The van der Waals surface area contributed by atoms with Crippen molar-refractivity contribution in [3.8, 4) is 0 Å². The smallest absolute Gasteiger partial charge is 0.189 e. The largest absolute Gasteiger partial charge is 0.370 e. The van der Waals surface area contributed by atoms with E-state index in [0.717, 1.165) is 13.1 Å². The van der Waals surface area contributed by atoms with Gasteiger partial charge in [-0.3, -0.25) is 4.99 Å². The van der Waals surface area contributed by atoms with E-state index in [4.69, 9.17) is 5.73 Å². The summed E-state index contributed by atoms with van der Waals surface area (Å²) >= 11 is 0. The molecule has 1 atom stereocenters. The Balaban J connectivity index is 1.78. The Morgan fingerprint density at radius 2 is 2.00 bits per heavy atom. The molecule has 1 heterocycles. The van der Waals surface area contributed by atoms with E-state index < -0.39 is 0 Å². The summed E-state index contributed by atoms with van der Waals surface area (Å²) in [6.07, 6.45) is 8.91. The number of piperidine rings is 1. The minimum Gasteiger partial charge on any atom is -0.370 e. The highest BCUT2D eigenvalue weighted by molar-refractivity contribution is 5.78. The van der Waals surface area contributed by atoms with Crippen LogP contribution in [-0.4, -0.2) is 42.6 Å². The molecule has 18 heavy (non-hydrogen) atoms. The number of guanidine groups is 1. The lowest BCUT2D eigenvalue weighted by Crippen LogP contribution is -2.50. The highest BCUT2D eigenvalue weighted by Gasteiger charge is 2.19. The zero-order valence-electron chi connectivity index (χ0n) is 11.7. The lowest BCUT2D eigenvalue weighted by Gasteiger charge is -2.32. The van der Waals surface area contributed by atoms with Gasteiger partial charge in [0.1, 0.15) is 0 Å². The van der Waals surface area contributed by atoms with Crippen molar-refractivity contribution in [3.63, 3.8) is 0 Å². The van der Waals surface area contributed by atoms with Crippen molar-refractivity contribution in [2.45, 2.75) is 64.0 Å². The van der Waals surface area contributed by atoms with E-state index in [1.165, 1.54) is 51.5 Å². The lowest BCUT2D eigenvalue weighted by molar-refractivity contribution is 0.210. The number of hydrogen-bond acceptors (Lipinski definition) is 2. The SMILES string of the molecule is CCN1CCCC(NC(N)=NC2CCCCC2)C1. The van der Waals surface area contributed by atoms with Crippen LogP contribution in [0, 0.1) is 0 Å². The molecular formula is C14H28N4. The minimum atomic E-state index is 0.470. The van der Waals surface area contributed by atoms with Crippen LogP contribution in [-0.2, 0) is 0 Å². The second kappa shape index (κ2) is 6.98. The van der Waals surface area contributed by atoms with Crippen molar-refractivity contribution in [2.75, 3.05) is 19.6 Å². The Morgan fingerprint density at radius 1 is 1.22 bits per heavy atom. The highest BCUT2D eigenvalue weighted by Crippen LogP contribution is 2.20. The van der Waals surface area contributed by atoms with Crippen molar-refractivity contribution >= 4 is 5.96 Å². The maximum atomic E-state index is 6.04. The Bertz CT molecular complexity index is 271. The van der Waals surface area contributed by atoms with E-state index in [1.807, 2.05) is 0 Å². The third kappa shape index (κ3) is 4.16. The minimum absolute atomic E-state index is 0.470. The quantitative estimate of drug-likeness (QED) is 0.594. The average molecular weight is 252 g/mol. The second-order valence-corrected chi connectivity index (χ2v) is 5.68. The molecule has 1 saturated heterocycles. The normalized spacial score (nSPS) is 28.3. The van der Waals surface area contributed by atoms with Gasteiger partial charge in [-0.2, -0.15) is 0 Å². The van der Waals surface area contributed by atoms with Gasteiger partial charge in [-0.1, -0.05) is 26.2 Å². The van der Waals surface area contributed by atoms with Crippen molar-refractivity contribution < 1.29 is 0 Å². The molecule has 1 aliphatic heterocycles. The third-order valence-corrected chi connectivity index (χ3v) is 4.20. The standard InChI is InChI=1S/C14H28N4/c1-2-18-10-6-9-13(11-18)17-14(15)16-12-7-4-3-5-8-12/h12-13H,2-11H2,1H3,(H3,15,16,17). The Kier molecular flexibility index (Phi) is 5.29. The molecule has 2 fully saturated rings. The number of nitrogens with zero attached hydrogens (tertiary/aromatic N) is 2. The molecule has 0 aromatic carbocycles. The van der Waals surface area contributed by atoms with E-state index in [0.29, 0.717) is 18.0 Å². The predicted molar refractivity (Wildman–Crippen MR) is 76.8 cm³/mol. The topological polar surface area (TPSA) is 53.6 Å². The molecule has 4 heteroatoms. The molecule has 1 aliphatic carbocycles. The third-order valence-electron chi connectivity index (χ3n) is 4.20. The number of likely N-dealkylation sites (N-methyl/N-ethyl adjacent to an activating group) is 1. The zero-order valence-corrected chi connectivity index (χ0v) is 11.7. The fourth-order valence-corrected chi connectivity index (χ4v) is 3.11. The summed E-state index contributed by atoms with van der Waals surface area (Å²) in [7, 11) is 0. The van der Waals surface area contributed by atoms with Crippen LogP contribution in [0.5, 0.6) is 0 Å². The van der Waals surface area contributed by atoms with Crippen molar-refractivity contribution in [3.05, 3.63) is 0 Å². The average Bonchev–Trinajstić information content (AvgIpc) is 2.40. The molecule has 0 aromatic heterocycles. The molecule has 0 bridgehead atoms. The van der Waals surface area contributed by atoms with Crippen molar-refractivity contribution in [1.82, 2.24) is 10.2 Å². The van der Waals surface area contributed by atoms with Gasteiger partial charge in [-0.25, -0.2) is 0 Å². The number of nitrogens with two attached hydrogens (primary N) is 1. The first-order valence-electron chi connectivity index (χ1n) is 7.60. The number of nitrogens with one attached hydrogen (secondary N) is 1. The Hall–Kier alpha value is -0.770. The molecule has 0 spiro atoms. The van der Waals surface area contributed by atoms with Crippen molar-refractivity contribution in [1.29, 1.82) is 0 Å². The number of rotatable bonds is 3. The van der Waals surface area contributed by atoms with E-state index in [-0.39, 0.29) is 0 Å². The summed E-state index contributed by atoms with van der Waals surface area (Å²) in [6.45, 7) is 5.70. The van der Waals surface area contributed by atoms with E-state index in [9.17, 15) is 0 Å². The van der Waals surface area contributed by atoms with Gasteiger partial charge in [-0.05, 0) is 38.8 Å². The monoisotopic (exact) mass is 252 g/mol. The van der Waals surface area contributed by atoms with Gasteiger partial charge in [0.25, 0.3) is 0 Å². The summed E-state index contributed by atoms with van der Waals surface area (Å²) in [6, 6.07) is 0.961. The molecule has 0 aromatic rings. The molecule has 3 N–H and O–H groups in total. The fraction of sp³-hybridized carbons (Fsp3) is 0.929. The van der Waals surface area contributed by atoms with Crippen LogP contribution in [0.25, 0.3) is 0 Å². The molecular weight excluding hydrogens is 224 g/mol. The van der Waals surface area contributed by atoms with Gasteiger partial charge in [-0.15, -0.1) is 0 Å². The van der Waals surface area contributed by atoms with Gasteiger partial charge in [0.15, 0.2) is 5.96 Å². The molecule has 0 amide bonds. The highest BCUT2D eigenvalue weighted by atomic mass is 15.2. The van der Waals surface area contributed by atoms with Gasteiger partial charge >= 0.3 is 0 Å². The maximum Gasteiger partial charge on any atom is 0.189 e. The Morgan fingerprint density at radius 3 is 2.72 bits per heavy atom. The van der Waals surface area contributed by atoms with Crippen LogP contribution in [0.4, 0.5) is 0 Å². The molecule has 0 radical (unpaired) electrons. The zero-order chi connectivity index (χ0) is 12.8. The van der Waals surface area contributed by atoms with Gasteiger partial charge in [0.05, 0.1) is 6.04 Å². The van der Waals surface area contributed by atoms with Gasteiger partial charge in [0, 0.05) is 12.6 Å². The molecule has 2 rings (SSSR count). The summed E-state index contributed by atoms with van der Waals surface area (Å²) in [5.74, 6) is 0.671. The number of hydrogen-bond donors (Lipinski definition) is 2. The van der Waals surface area contributed by atoms with Crippen LogP contribution in [0.15, 0.2) is 4.99 Å². The summed E-state index contributed by atoms with van der Waals surface area (Å²) < 4.78 is 0.